The molecule has 0 amide bonds. The Labute approximate surface area is 109 Å². The van der Waals surface area contributed by atoms with Crippen molar-refractivity contribution in [1.82, 2.24) is 4.98 Å². The number of benzene rings is 1. The third-order valence-corrected chi connectivity index (χ3v) is 2.63. The summed E-state index contributed by atoms with van der Waals surface area (Å²) in [5.74, 6) is 0.474. The van der Waals surface area contributed by atoms with Crippen LogP contribution in [0, 0.1) is 6.92 Å². The van der Waals surface area contributed by atoms with E-state index in [4.69, 9.17) is 19.0 Å². The first-order valence-electron chi connectivity index (χ1n) is 5.50. The molecule has 0 aliphatic rings. The molecule has 100 valence electrons. The Morgan fingerprint density at radius 1 is 1.26 bits per heavy atom. The van der Waals surface area contributed by atoms with Gasteiger partial charge in [-0.05, 0) is 25.1 Å². The van der Waals surface area contributed by atoms with Crippen LogP contribution in [0.15, 0.2) is 22.6 Å². The number of carboxylic acid groups (broad SMARTS) is 1. The Kier molecular flexibility index (Phi) is 3.41. The van der Waals surface area contributed by atoms with Crippen LogP contribution in [0.1, 0.15) is 16.2 Å². The molecule has 0 spiro atoms. The molecule has 0 aliphatic heterocycles. The molecule has 0 aliphatic carbocycles. The Bertz CT molecular complexity index is 617. The van der Waals surface area contributed by atoms with Gasteiger partial charge < -0.3 is 19.0 Å². The standard InChI is InChI=1S/C13H13NO5/c1-7-11(13(15)16)14-12(19-7)8-4-5-9(17-2)10(6-8)18-3/h4-6H,1-3H3,(H,15,16). The van der Waals surface area contributed by atoms with Gasteiger partial charge in [0.1, 0.15) is 5.76 Å². The molecule has 0 atom stereocenters. The number of rotatable bonds is 4. The maximum atomic E-state index is 10.9. The number of hydrogen-bond acceptors (Lipinski definition) is 5. The summed E-state index contributed by atoms with van der Waals surface area (Å²) in [6.45, 7) is 1.56. The highest BCUT2D eigenvalue weighted by molar-refractivity contribution is 5.87. The largest absolute Gasteiger partial charge is 0.493 e. The van der Waals surface area contributed by atoms with Gasteiger partial charge in [-0.1, -0.05) is 0 Å². The van der Waals surface area contributed by atoms with Gasteiger partial charge in [-0.3, -0.25) is 0 Å². The predicted molar refractivity (Wildman–Crippen MR) is 66.7 cm³/mol. The van der Waals surface area contributed by atoms with Gasteiger partial charge in [-0.2, -0.15) is 0 Å². The molecule has 1 aromatic carbocycles. The summed E-state index contributed by atoms with van der Waals surface area (Å²) in [6, 6.07) is 5.10. The highest BCUT2D eigenvalue weighted by Crippen LogP contribution is 2.32. The Morgan fingerprint density at radius 2 is 1.95 bits per heavy atom. The third kappa shape index (κ3) is 2.37. The molecular weight excluding hydrogens is 250 g/mol. The Balaban J connectivity index is 2.47. The van der Waals surface area contributed by atoms with Gasteiger partial charge in [0.25, 0.3) is 0 Å². The van der Waals surface area contributed by atoms with Crippen molar-refractivity contribution >= 4 is 5.97 Å². The van der Waals surface area contributed by atoms with Crippen LogP contribution in [-0.4, -0.2) is 30.3 Å². The molecule has 0 unspecified atom stereocenters. The minimum atomic E-state index is -1.12. The zero-order chi connectivity index (χ0) is 14.0. The molecule has 2 rings (SSSR count). The van der Waals surface area contributed by atoms with Crippen molar-refractivity contribution in [1.29, 1.82) is 0 Å². The molecule has 0 bridgehead atoms. The van der Waals surface area contributed by atoms with Crippen molar-refractivity contribution in [3.8, 4) is 23.0 Å². The number of carbonyl (C=O) groups is 1. The first-order chi connectivity index (χ1) is 9.06. The molecule has 0 saturated carbocycles. The number of ether oxygens (including phenoxy) is 2. The highest BCUT2D eigenvalue weighted by Gasteiger charge is 2.18. The van der Waals surface area contributed by atoms with Crippen LogP contribution in [0.25, 0.3) is 11.5 Å². The topological polar surface area (TPSA) is 81.8 Å². The van der Waals surface area contributed by atoms with Gasteiger partial charge >= 0.3 is 5.97 Å². The molecule has 6 heteroatoms. The van der Waals surface area contributed by atoms with Gasteiger partial charge in [0.2, 0.25) is 5.89 Å². The highest BCUT2D eigenvalue weighted by atomic mass is 16.5. The zero-order valence-corrected chi connectivity index (χ0v) is 10.8. The van der Waals surface area contributed by atoms with Gasteiger partial charge in [0.05, 0.1) is 14.2 Å². The number of oxazole rings is 1. The number of aryl methyl sites for hydroxylation is 1. The summed E-state index contributed by atoms with van der Waals surface area (Å²) >= 11 is 0. The maximum absolute atomic E-state index is 10.9. The van der Waals surface area contributed by atoms with E-state index in [-0.39, 0.29) is 17.3 Å². The smallest absolute Gasteiger partial charge is 0.358 e. The van der Waals surface area contributed by atoms with Crippen molar-refractivity contribution in [2.24, 2.45) is 0 Å². The minimum absolute atomic E-state index is 0.0928. The van der Waals surface area contributed by atoms with Crippen molar-refractivity contribution in [2.75, 3.05) is 14.2 Å². The SMILES string of the molecule is COc1ccc(-c2nc(C(=O)O)c(C)o2)cc1OC. The van der Waals surface area contributed by atoms with Crippen molar-refractivity contribution in [3.63, 3.8) is 0 Å². The first kappa shape index (κ1) is 12.9. The second kappa shape index (κ2) is 5.01. The van der Waals surface area contributed by atoms with Crippen molar-refractivity contribution in [3.05, 3.63) is 29.7 Å². The van der Waals surface area contributed by atoms with Crippen molar-refractivity contribution < 1.29 is 23.8 Å². The molecule has 1 N–H and O–H groups in total. The summed E-state index contributed by atoms with van der Waals surface area (Å²) in [5, 5.41) is 8.94. The third-order valence-electron chi connectivity index (χ3n) is 2.63. The van der Waals surface area contributed by atoms with Gasteiger partial charge in [-0.15, -0.1) is 0 Å². The second-order valence-electron chi connectivity index (χ2n) is 3.80. The average Bonchev–Trinajstić information content (AvgIpc) is 2.80. The van der Waals surface area contributed by atoms with Crippen LogP contribution in [-0.2, 0) is 0 Å². The molecule has 0 saturated heterocycles. The van der Waals surface area contributed by atoms with E-state index in [0.717, 1.165) is 0 Å². The number of methoxy groups -OCH3 is 2. The van der Waals surface area contributed by atoms with Crippen LogP contribution in [0.3, 0.4) is 0 Å². The maximum Gasteiger partial charge on any atom is 0.358 e. The molecule has 1 heterocycles. The van der Waals surface area contributed by atoms with Crippen LogP contribution in [0.4, 0.5) is 0 Å². The fraction of sp³-hybridized carbons (Fsp3) is 0.231. The Hall–Kier alpha value is -2.50. The summed E-state index contributed by atoms with van der Waals surface area (Å²) in [7, 11) is 3.06. The van der Waals surface area contributed by atoms with E-state index in [9.17, 15) is 4.79 Å². The van der Waals surface area contributed by atoms with E-state index in [1.165, 1.54) is 14.2 Å². The van der Waals surface area contributed by atoms with Crippen LogP contribution < -0.4 is 9.47 Å². The first-order valence-corrected chi connectivity index (χ1v) is 5.50. The van der Waals surface area contributed by atoms with E-state index < -0.39 is 5.97 Å². The quantitative estimate of drug-likeness (QED) is 0.911. The molecular formula is C13H13NO5. The lowest BCUT2D eigenvalue weighted by Gasteiger charge is -2.07. The van der Waals surface area contributed by atoms with Gasteiger partial charge in [-0.25, -0.2) is 9.78 Å². The molecule has 6 nitrogen and oxygen atoms in total. The summed E-state index contributed by atoms with van der Waals surface area (Å²) in [5.41, 5.74) is 0.526. The van der Waals surface area contributed by atoms with E-state index in [1.807, 2.05) is 0 Å². The van der Waals surface area contributed by atoms with E-state index in [1.54, 1.807) is 25.1 Å². The fourth-order valence-corrected chi connectivity index (χ4v) is 1.69. The van der Waals surface area contributed by atoms with E-state index in [0.29, 0.717) is 17.1 Å². The number of carboxylic acids is 1. The molecule has 0 radical (unpaired) electrons. The van der Waals surface area contributed by atoms with E-state index in [2.05, 4.69) is 4.98 Å². The second-order valence-corrected chi connectivity index (χ2v) is 3.80. The molecule has 1 aromatic heterocycles. The van der Waals surface area contributed by atoms with Crippen molar-refractivity contribution in [2.45, 2.75) is 6.92 Å². The number of aromatic carboxylic acids is 1. The predicted octanol–water partition coefficient (Wildman–Crippen LogP) is 2.37. The van der Waals surface area contributed by atoms with Crippen LogP contribution in [0.5, 0.6) is 11.5 Å². The summed E-state index contributed by atoms with van der Waals surface area (Å²) in [4.78, 5) is 14.9. The summed E-state index contributed by atoms with van der Waals surface area (Å²) < 4.78 is 15.6. The zero-order valence-electron chi connectivity index (χ0n) is 10.8. The number of aromatic nitrogens is 1. The van der Waals surface area contributed by atoms with Gasteiger partial charge in [0.15, 0.2) is 17.2 Å². The normalized spacial score (nSPS) is 10.3. The Morgan fingerprint density at radius 3 is 2.47 bits per heavy atom. The average molecular weight is 263 g/mol. The summed E-state index contributed by atoms with van der Waals surface area (Å²) in [6.07, 6.45) is 0. The fourth-order valence-electron chi connectivity index (χ4n) is 1.69. The lowest BCUT2D eigenvalue weighted by Crippen LogP contribution is -1.98. The lowest BCUT2D eigenvalue weighted by molar-refractivity contribution is 0.0689. The minimum Gasteiger partial charge on any atom is -0.493 e. The number of hydrogen-bond donors (Lipinski definition) is 1. The monoisotopic (exact) mass is 263 g/mol. The number of nitrogens with zero attached hydrogens (tertiary/aromatic N) is 1. The molecule has 19 heavy (non-hydrogen) atoms. The van der Waals surface area contributed by atoms with E-state index >= 15 is 0 Å². The van der Waals surface area contributed by atoms with Gasteiger partial charge in [0, 0.05) is 5.56 Å². The molecule has 0 fully saturated rings. The lowest BCUT2D eigenvalue weighted by atomic mass is 10.2. The van der Waals surface area contributed by atoms with Crippen LogP contribution >= 0.6 is 0 Å². The van der Waals surface area contributed by atoms with Crippen LogP contribution in [0.2, 0.25) is 0 Å². The molecule has 2 aromatic rings.